The smallest absolute Gasteiger partial charge is 0.269 e. The molecule has 5 nitrogen and oxygen atoms in total. The number of hydrogen-bond donors (Lipinski definition) is 2. The van der Waals surface area contributed by atoms with Gasteiger partial charge in [0, 0.05) is 31.8 Å². The summed E-state index contributed by atoms with van der Waals surface area (Å²) in [5.41, 5.74) is 2.37. The van der Waals surface area contributed by atoms with Crippen LogP contribution in [-0.2, 0) is 13.6 Å². The van der Waals surface area contributed by atoms with Gasteiger partial charge in [-0.25, -0.2) is 0 Å². The molecule has 1 aromatic carbocycles. The Hall–Kier alpha value is -2.58. The third kappa shape index (κ3) is 4.20. The van der Waals surface area contributed by atoms with E-state index in [2.05, 4.69) is 22.3 Å². The van der Waals surface area contributed by atoms with Gasteiger partial charge in [0.25, 0.3) is 5.91 Å². The third-order valence-electron chi connectivity index (χ3n) is 2.90. The summed E-state index contributed by atoms with van der Waals surface area (Å²) >= 11 is 0. The first-order valence-electron chi connectivity index (χ1n) is 6.65. The maximum Gasteiger partial charge on any atom is 0.269 e. The minimum atomic E-state index is -0.160. The Balaban J connectivity index is 1.98. The minimum Gasteiger partial charge on any atom is -0.395 e. The summed E-state index contributed by atoms with van der Waals surface area (Å²) < 4.78 is 1.53. The van der Waals surface area contributed by atoms with Gasteiger partial charge in [-0.3, -0.25) is 9.48 Å². The second kappa shape index (κ2) is 7.27. The molecule has 0 saturated heterocycles. The molecule has 0 saturated carbocycles. The highest BCUT2D eigenvalue weighted by atomic mass is 16.2. The molecule has 2 rings (SSSR count). The van der Waals surface area contributed by atoms with Gasteiger partial charge < -0.3 is 10.4 Å². The summed E-state index contributed by atoms with van der Waals surface area (Å²) in [5, 5.41) is 15.5. The number of rotatable bonds is 4. The number of carbonyl (C=O) groups is 1. The van der Waals surface area contributed by atoms with E-state index in [-0.39, 0.29) is 12.5 Å². The molecule has 0 unspecified atom stereocenters. The fourth-order valence-electron chi connectivity index (χ4n) is 1.85. The number of amides is 1. The van der Waals surface area contributed by atoms with Crippen molar-refractivity contribution in [2.45, 2.75) is 13.0 Å². The van der Waals surface area contributed by atoms with Crippen LogP contribution in [0, 0.1) is 11.8 Å². The molecule has 2 N–H and O–H groups in total. The van der Waals surface area contributed by atoms with E-state index >= 15 is 0 Å². The summed E-state index contributed by atoms with van der Waals surface area (Å²) in [6.07, 6.45) is 2.05. The molecule has 1 aromatic heterocycles. The molecule has 5 heteroatoms. The molecule has 0 radical (unpaired) electrons. The van der Waals surface area contributed by atoms with Crippen molar-refractivity contribution in [3.63, 3.8) is 0 Å². The largest absolute Gasteiger partial charge is 0.395 e. The van der Waals surface area contributed by atoms with Crippen molar-refractivity contribution in [1.82, 2.24) is 15.1 Å². The van der Waals surface area contributed by atoms with Gasteiger partial charge in [-0.2, -0.15) is 5.10 Å². The normalized spacial score (nSPS) is 9.81. The lowest BCUT2D eigenvalue weighted by molar-refractivity contribution is 0.0941. The first-order valence-corrected chi connectivity index (χ1v) is 6.65. The van der Waals surface area contributed by atoms with Crippen LogP contribution in [0.15, 0.2) is 36.5 Å². The predicted molar refractivity (Wildman–Crippen MR) is 79.4 cm³/mol. The third-order valence-corrected chi connectivity index (χ3v) is 2.90. The number of aryl methyl sites for hydroxylation is 1. The van der Waals surface area contributed by atoms with E-state index in [4.69, 9.17) is 5.11 Å². The summed E-state index contributed by atoms with van der Waals surface area (Å²) in [7, 11) is 1.73. The first kappa shape index (κ1) is 14.8. The Kier molecular flexibility index (Phi) is 5.13. The fraction of sp³-hybridized carbons (Fsp3) is 0.250. The molecule has 21 heavy (non-hydrogen) atoms. The number of aliphatic hydroxyl groups excluding tert-OH is 1. The Bertz CT molecular complexity index is 680. The average molecular weight is 283 g/mol. The number of aromatic nitrogens is 2. The van der Waals surface area contributed by atoms with E-state index in [1.165, 1.54) is 4.68 Å². The van der Waals surface area contributed by atoms with E-state index in [1.54, 1.807) is 19.3 Å². The summed E-state index contributed by atoms with van der Waals surface area (Å²) in [4.78, 5) is 12.0. The second-order valence-electron chi connectivity index (χ2n) is 4.50. The minimum absolute atomic E-state index is 0.0629. The van der Waals surface area contributed by atoms with Crippen molar-refractivity contribution in [2.75, 3.05) is 6.61 Å². The zero-order chi connectivity index (χ0) is 15.1. The molecule has 0 aliphatic rings. The molecule has 0 bridgehead atoms. The van der Waals surface area contributed by atoms with Crippen LogP contribution in [0.4, 0.5) is 0 Å². The number of benzene rings is 1. The maximum atomic E-state index is 12.0. The predicted octanol–water partition coefficient (Wildman–Crippen LogP) is 1.08. The number of carbonyl (C=O) groups excluding carboxylic acids is 1. The van der Waals surface area contributed by atoms with E-state index in [1.807, 2.05) is 24.3 Å². The Morgan fingerprint density at radius 1 is 1.43 bits per heavy atom. The standard InChI is InChI=1S/C16H17N3O2/c1-19-15(8-9-18-19)16(21)17-12-14-7-4-6-13(11-14)5-2-3-10-20/h4,6-9,11,20H,3,10,12H2,1H3,(H,17,21). The monoisotopic (exact) mass is 283 g/mol. The lowest BCUT2D eigenvalue weighted by atomic mass is 10.1. The SMILES string of the molecule is Cn1nccc1C(=O)NCc1cccc(C#CCCO)c1. The molecule has 0 fully saturated rings. The molecular formula is C16H17N3O2. The van der Waals surface area contributed by atoms with Gasteiger partial charge in [0.05, 0.1) is 6.61 Å². The average Bonchev–Trinajstić information content (AvgIpc) is 2.92. The quantitative estimate of drug-likeness (QED) is 0.825. The first-order chi connectivity index (χ1) is 10.2. The molecule has 2 aromatic rings. The molecule has 0 atom stereocenters. The Morgan fingerprint density at radius 2 is 2.29 bits per heavy atom. The van der Waals surface area contributed by atoms with Crippen molar-refractivity contribution in [1.29, 1.82) is 0 Å². The van der Waals surface area contributed by atoms with Gasteiger partial charge in [-0.1, -0.05) is 24.0 Å². The molecular weight excluding hydrogens is 266 g/mol. The summed E-state index contributed by atoms with van der Waals surface area (Å²) in [5.74, 6) is 5.69. The highest BCUT2D eigenvalue weighted by molar-refractivity contribution is 5.92. The van der Waals surface area contributed by atoms with Crippen LogP contribution in [0.1, 0.15) is 28.0 Å². The van der Waals surface area contributed by atoms with Crippen LogP contribution < -0.4 is 5.32 Å². The number of nitrogens with one attached hydrogen (secondary N) is 1. The Morgan fingerprint density at radius 3 is 3.00 bits per heavy atom. The van der Waals surface area contributed by atoms with Crippen LogP contribution >= 0.6 is 0 Å². The number of nitrogens with zero attached hydrogens (tertiary/aromatic N) is 2. The summed E-state index contributed by atoms with van der Waals surface area (Å²) in [6.45, 7) is 0.493. The van der Waals surface area contributed by atoms with E-state index in [0.29, 0.717) is 18.7 Å². The van der Waals surface area contributed by atoms with E-state index in [9.17, 15) is 4.79 Å². The topological polar surface area (TPSA) is 67.2 Å². The van der Waals surface area contributed by atoms with Crippen LogP contribution in [0.2, 0.25) is 0 Å². The van der Waals surface area contributed by atoms with Crippen molar-refractivity contribution in [2.24, 2.45) is 7.05 Å². The van der Waals surface area contributed by atoms with Gasteiger partial charge in [-0.05, 0) is 23.8 Å². The second-order valence-corrected chi connectivity index (χ2v) is 4.50. The molecule has 1 amide bonds. The highest BCUT2D eigenvalue weighted by Gasteiger charge is 2.08. The van der Waals surface area contributed by atoms with Gasteiger partial charge in [0.15, 0.2) is 0 Å². The van der Waals surface area contributed by atoms with Crippen molar-refractivity contribution < 1.29 is 9.90 Å². The van der Waals surface area contributed by atoms with Gasteiger partial charge in [-0.15, -0.1) is 0 Å². The van der Waals surface area contributed by atoms with E-state index in [0.717, 1.165) is 11.1 Å². The molecule has 1 heterocycles. The van der Waals surface area contributed by atoms with E-state index < -0.39 is 0 Å². The fourth-order valence-corrected chi connectivity index (χ4v) is 1.85. The Labute approximate surface area is 123 Å². The van der Waals surface area contributed by atoms with Crippen molar-refractivity contribution in [3.05, 3.63) is 53.3 Å². The maximum absolute atomic E-state index is 12.0. The van der Waals surface area contributed by atoms with Crippen LogP contribution in [0.3, 0.4) is 0 Å². The van der Waals surface area contributed by atoms with Gasteiger partial charge >= 0.3 is 0 Å². The van der Waals surface area contributed by atoms with Crippen LogP contribution in [0.5, 0.6) is 0 Å². The molecule has 0 aliphatic carbocycles. The van der Waals surface area contributed by atoms with Crippen molar-refractivity contribution in [3.8, 4) is 11.8 Å². The number of aliphatic hydroxyl groups is 1. The van der Waals surface area contributed by atoms with Crippen LogP contribution in [0.25, 0.3) is 0 Å². The van der Waals surface area contributed by atoms with Crippen LogP contribution in [-0.4, -0.2) is 27.4 Å². The lowest BCUT2D eigenvalue weighted by Crippen LogP contribution is -2.25. The van der Waals surface area contributed by atoms with Crippen molar-refractivity contribution >= 4 is 5.91 Å². The van der Waals surface area contributed by atoms with Gasteiger partial charge in [0.2, 0.25) is 0 Å². The zero-order valence-corrected chi connectivity index (χ0v) is 11.8. The molecule has 0 spiro atoms. The number of hydrogen-bond acceptors (Lipinski definition) is 3. The lowest BCUT2D eigenvalue weighted by Gasteiger charge is -2.06. The van der Waals surface area contributed by atoms with Gasteiger partial charge in [0.1, 0.15) is 5.69 Å². The summed E-state index contributed by atoms with van der Waals surface area (Å²) in [6, 6.07) is 9.33. The zero-order valence-electron chi connectivity index (χ0n) is 11.8. The highest BCUT2D eigenvalue weighted by Crippen LogP contribution is 2.05. The molecule has 0 aliphatic heterocycles. The molecule has 108 valence electrons.